The van der Waals surface area contributed by atoms with Crippen LogP contribution in [0.5, 0.6) is 11.5 Å². The first-order chi connectivity index (χ1) is 16.4. The van der Waals surface area contributed by atoms with Crippen LogP contribution < -0.4 is 9.47 Å². The van der Waals surface area contributed by atoms with Gasteiger partial charge in [0.05, 0.1) is 32.6 Å². The monoisotopic (exact) mass is 464 g/mol. The van der Waals surface area contributed by atoms with Crippen LogP contribution in [-0.2, 0) is 16.0 Å². The number of benzene rings is 1. The summed E-state index contributed by atoms with van der Waals surface area (Å²) in [5.41, 5.74) is 3.99. The molecule has 34 heavy (non-hydrogen) atoms. The Morgan fingerprint density at radius 1 is 1.26 bits per heavy atom. The molecular weight excluding hydrogens is 428 g/mol. The predicted molar refractivity (Wildman–Crippen MR) is 128 cm³/mol. The molecule has 182 valence electrons. The molecule has 6 heteroatoms. The van der Waals surface area contributed by atoms with E-state index in [0.29, 0.717) is 30.4 Å². The van der Waals surface area contributed by atoms with Gasteiger partial charge in [-0.3, -0.25) is 9.69 Å². The summed E-state index contributed by atoms with van der Waals surface area (Å²) in [6, 6.07) is 6.34. The zero-order chi connectivity index (χ0) is 24.0. The molecule has 0 aromatic heterocycles. The first-order valence-corrected chi connectivity index (χ1v) is 12.7. The summed E-state index contributed by atoms with van der Waals surface area (Å²) in [5, 5.41) is 9.64. The second kappa shape index (κ2) is 8.92. The van der Waals surface area contributed by atoms with Crippen LogP contribution in [0, 0.1) is 34.5 Å². The van der Waals surface area contributed by atoms with Gasteiger partial charge in [0.25, 0.3) is 0 Å². The highest BCUT2D eigenvalue weighted by atomic mass is 16.6. The van der Waals surface area contributed by atoms with Gasteiger partial charge in [-0.25, -0.2) is 0 Å². The molecule has 2 unspecified atom stereocenters. The summed E-state index contributed by atoms with van der Waals surface area (Å²) in [7, 11) is 3.28. The minimum absolute atomic E-state index is 0.0209. The molecule has 2 heterocycles. The van der Waals surface area contributed by atoms with E-state index in [0.717, 1.165) is 24.9 Å². The van der Waals surface area contributed by atoms with Gasteiger partial charge in [0.2, 0.25) is 0 Å². The maximum absolute atomic E-state index is 13.1. The van der Waals surface area contributed by atoms with E-state index in [2.05, 4.69) is 30.9 Å². The largest absolute Gasteiger partial charge is 0.493 e. The molecule has 2 aliphatic carbocycles. The van der Waals surface area contributed by atoms with Crippen LogP contribution in [0.25, 0.3) is 0 Å². The minimum atomic E-state index is -0.181. The van der Waals surface area contributed by atoms with Crippen LogP contribution in [0.4, 0.5) is 0 Å². The van der Waals surface area contributed by atoms with E-state index in [4.69, 9.17) is 14.2 Å². The van der Waals surface area contributed by atoms with Crippen LogP contribution in [0.15, 0.2) is 23.8 Å². The third-order valence-corrected chi connectivity index (χ3v) is 8.91. The van der Waals surface area contributed by atoms with Crippen molar-refractivity contribution >= 4 is 5.97 Å². The number of ether oxygens (including phenoxy) is 3. The standard InChI is InChI=1S/C28H36N2O4/c1-17-6-5-9-28(2)15-26-20(13-22(17)28)21(27(31)34-26)16-30-11-8-18-12-24(32-3)25(33-4)14-19(18)23(30)7-10-29/h12-14,17,20-21,23,26H,5-9,11,15-16H2,1-4H3/t17-,20+,21?,23?,26+,28+/m0/s1. The summed E-state index contributed by atoms with van der Waals surface area (Å²) in [5.74, 6) is 1.84. The number of hydrogen-bond donors (Lipinski definition) is 0. The number of fused-ring (bicyclic) bond motifs is 3. The van der Waals surface area contributed by atoms with Crippen LogP contribution in [0.1, 0.15) is 63.1 Å². The molecular formula is C28H36N2O4. The Labute approximate surface area is 202 Å². The Bertz CT molecular complexity index is 1040. The Morgan fingerprint density at radius 3 is 2.76 bits per heavy atom. The summed E-state index contributed by atoms with van der Waals surface area (Å²) in [6.07, 6.45) is 8.23. The number of rotatable bonds is 5. The van der Waals surface area contributed by atoms with E-state index >= 15 is 0 Å². The second-order valence-corrected chi connectivity index (χ2v) is 10.9. The lowest BCUT2D eigenvalue weighted by atomic mass is 9.59. The second-order valence-electron chi connectivity index (χ2n) is 10.9. The summed E-state index contributed by atoms with van der Waals surface area (Å²) >= 11 is 0. The number of allylic oxidation sites excluding steroid dienone is 1. The molecule has 1 saturated heterocycles. The summed E-state index contributed by atoms with van der Waals surface area (Å²) < 4.78 is 17.0. The van der Waals surface area contributed by atoms with Gasteiger partial charge in [-0.2, -0.15) is 5.26 Å². The lowest BCUT2D eigenvalue weighted by Gasteiger charge is -2.46. The van der Waals surface area contributed by atoms with E-state index in [-0.39, 0.29) is 35.4 Å². The highest BCUT2D eigenvalue weighted by Crippen LogP contribution is 2.54. The SMILES string of the molecule is COc1cc2c(cc1OC)C(CC#N)N(CC1C(=O)O[C@@H]3C[C@@]4(C)CCC[C@H](C)C4=C[C@H]13)CC2. The lowest BCUT2D eigenvalue weighted by Crippen LogP contribution is -2.43. The number of carbonyl (C=O) groups excluding carboxylic acids is 1. The predicted octanol–water partition coefficient (Wildman–Crippen LogP) is 4.83. The van der Waals surface area contributed by atoms with Gasteiger partial charge in [-0.15, -0.1) is 0 Å². The number of carbonyl (C=O) groups is 1. The average molecular weight is 465 g/mol. The molecule has 5 rings (SSSR count). The maximum Gasteiger partial charge on any atom is 0.311 e. The minimum Gasteiger partial charge on any atom is -0.493 e. The van der Waals surface area contributed by atoms with Crippen molar-refractivity contribution in [2.24, 2.45) is 23.2 Å². The molecule has 0 spiro atoms. The Kier molecular flexibility index (Phi) is 6.10. The Morgan fingerprint density at radius 2 is 2.03 bits per heavy atom. The Balaban J connectivity index is 1.44. The molecule has 1 aromatic carbocycles. The number of esters is 1. The zero-order valence-electron chi connectivity index (χ0n) is 20.8. The van der Waals surface area contributed by atoms with Crippen LogP contribution in [-0.4, -0.2) is 44.3 Å². The van der Waals surface area contributed by atoms with Gasteiger partial charge in [0.15, 0.2) is 11.5 Å². The number of nitriles is 1. The fraction of sp³-hybridized carbons (Fsp3) is 0.643. The van der Waals surface area contributed by atoms with Crippen LogP contribution >= 0.6 is 0 Å². The van der Waals surface area contributed by atoms with Gasteiger partial charge in [0.1, 0.15) is 6.10 Å². The highest BCUT2D eigenvalue weighted by molar-refractivity contribution is 5.76. The summed E-state index contributed by atoms with van der Waals surface area (Å²) in [6.45, 7) is 6.12. The fourth-order valence-electron chi connectivity index (χ4n) is 7.14. The third kappa shape index (κ3) is 3.79. The molecule has 1 saturated carbocycles. The number of methoxy groups -OCH3 is 2. The number of hydrogen-bond acceptors (Lipinski definition) is 6. The molecule has 2 aliphatic heterocycles. The van der Waals surface area contributed by atoms with Crippen molar-refractivity contribution in [3.05, 3.63) is 34.9 Å². The van der Waals surface area contributed by atoms with Crippen molar-refractivity contribution in [3.63, 3.8) is 0 Å². The van der Waals surface area contributed by atoms with Crippen molar-refractivity contribution in [1.29, 1.82) is 5.26 Å². The molecule has 2 fully saturated rings. The van der Waals surface area contributed by atoms with E-state index in [1.54, 1.807) is 14.2 Å². The average Bonchev–Trinajstić information content (AvgIpc) is 3.11. The first kappa shape index (κ1) is 23.2. The van der Waals surface area contributed by atoms with Crippen molar-refractivity contribution in [2.75, 3.05) is 27.3 Å². The Hall–Kier alpha value is -2.52. The van der Waals surface area contributed by atoms with Gasteiger partial charge in [-0.1, -0.05) is 31.9 Å². The summed E-state index contributed by atoms with van der Waals surface area (Å²) in [4.78, 5) is 15.4. The van der Waals surface area contributed by atoms with Crippen molar-refractivity contribution in [1.82, 2.24) is 4.90 Å². The van der Waals surface area contributed by atoms with Gasteiger partial charge < -0.3 is 14.2 Å². The van der Waals surface area contributed by atoms with Gasteiger partial charge in [0, 0.05) is 25.0 Å². The normalized spacial score (nSPS) is 34.7. The zero-order valence-corrected chi connectivity index (χ0v) is 20.8. The molecule has 6 atom stereocenters. The molecule has 1 aromatic rings. The topological polar surface area (TPSA) is 71.8 Å². The number of nitrogens with zero attached hydrogens (tertiary/aromatic N) is 2. The molecule has 0 bridgehead atoms. The molecule has 6 nitrogen and oxygen atoms in total. The van der Waals surface area contributed by atoms with E-state index in [1.807, 2.05) is 12.1 Å². The van der Waals surface area contributed by atoms with E-state index in [1.165, 1.54) is 30.4 Å². The molecule has 0 amide bonds. The molecule has 0 radical (unpaired) electrons. The van der Waals surface area contributed by atoms with Crippen molar-refractivity contribution in [2.45, 2.75) is 64.5 Å². The smallest absolute Gasteiger partial charge is 0.311 e. The van der Waals surface area contributed by atoms with E-state index in [9.17, 15) is 10.1 Å². The van der Waals surface area contributed by atoms with Crippen molar-refractivity contribution in [3.8, 4) is 17.6 Å². The quantitative estimate of drug-likeness (QED) is 0.459. The van der Waals surface area contributed by atoms with Crippen LogP contribution in [0.3, 0.4) is 0 Å². The lowest BCUT2D eigenvalue weighted by molar-refractivity contribution is -0.145. The molecule has 0 N–H and O–H groups in total. The van der Waals surface area contributed by atoms with Crippen molar-refractivity contribution < 1.29 is 19.0 Å². The van der Waals surface area contributed by atoms with E-state index < -0.39 is 0 Å². The van der Waals surface area contributed by atoms with Crippen LogP contribution in [0.2, 0.25) is 0 Å². The third-order valence-electron chi connectivity index (χ3n) is 8.91. The van der Waals surface area contributed by atoms with Gasteiger partial charge >= 0.3 is 5.97 Å². The first-order valence-electron chi connectivity index (χ1n) is 12.7. The maximum atomic E-state index is 13.1. The van der Waals surface area contributed by atoms with Gasteiger partial charge in [-0.05, 0) is 60.3 Å². The molecule has 4 aliphatic rings. The fourth-order valence-corrected chi connectivity index (χ4v) is 7.14. The highest BCUT2D eigenvalue weighted by Gasteiger charge is 2.52.